The third-order valence-electron chi connectivity index (χ3n) is 7.10. The highest BCUT2D eigenvalue weighted by molar-refractivity contribution is 5.76. The number of aliphatic carboxylic acids is 1. The van der Waals surface area contributed by atoms with Gasteiger partial charge in [0.25, 0.3) is 0 Å². The highest BCUT2D eigenvalue weighted by atomic mass is 16.6. The van der Waals surface area contributed by atoms with Crippen LogP contribution in [-0.4, -0.2) is 22.6 Å². The topological polar surface area (TPSA) is 63.6 Å². The Labute approximate surface area is 139 Å². The van der Waals surface area contributed by atoms with Crippen molar-refractivity contribution < 1.29 is 19.4 Å². The molecule has 0 saturated heterocycles. The molecule has 3 fully saturated rings. The van der Waals surface area contributed by atoms with E-state index in [0.29, 0.717) is 11.8 Å². The summed E-state index contributed by atoms with van der Waals surface area (Å²) >= 11 is 0. The van der Waals surface area contributed by atoms with Crippen molar-refractivity contribution in [3.63, 3.8) is 0 Å². The van der Waals surface area contributed by atoms with Gasteiger partial charge in [0.05, 0.1) is 11.8 Å². The Bertz CT molecular complexity index is 498. The first-order valence-corrected chi connectivity index (χ1v) is 9.22. The fourth-order valence-electron chi connectivity index (χ4n) is 5.28. The number of fused-ring (bicyclic) bond motifs is 2. The van der Waals surface area contributed by atoms with Crippen molar-refractivity contribution in [1.82, 2.24) is 0 Å². The smallest absolute Gasteiger partial charge is 0.312 e. The Hall–Kier alpha value is -1.06. The summed E-state index contributed by atoms with van der Waals surface area (Å²) in [5.74, 6) is 0.904. The average Bonchev–Trinajstić information content (AvgIpc) is 2.50. The Balaban J connectivity index is 1.89. The van der Waals surface area contributed by atoms with Crippen LogP contribution in [0.25, 0.3) is 0 Å². The largest absolute Gasteiger partial charge is 0.481 e. The van der Waals surface area contributed by atoms with Crippen molar-refractivity contribution in [3.05, 3.63) is 0 Å². The molecule has 0 radical (unpaired) electrons. The van der Waals surface area contributed by atoms with Gasteiger partial charge in [-0.15, -0.1) is 0 Å². The van der Waals surface area contributed by atoms with Crippen LogP contribution in [0.3, 0.4) is 0 Å². The molecule has 0 aromatic rings. The van der Waals surface area contributed by atoms with E-state index in [1.54, 1.807) is 0 Å². The quantitative estimate of drug-likeness (QED) is 0.776. The van der Waals surface area contributed by atoms with Crippen molar-refractivity contribution in [2.75, 3.05) is 0 Å². The van der Waals surface area contributed by atoms with Crippen LogP contribution in [0.15, 0.2) is 0 Å². The van der Waals surface area contributed by atoms with E-state index in [0.717, 1.165) is 44.4 Å². The summed E-state index contributed by atoms with van der Waals surface area (Å²) in [6.45, 7) is 5.85. The van der Waals surface area contributed by atoms with E-state index in [1.807, 2.05) is 20.8 Å². The van der Waals surface area contributed by atoms with Crippen LogP contribution in [0, 0.1) is 29.1 Å². The maximum Gasteiger partial charge on any atom is 0.312 e. The number of esters is 1. The number of hydrogen-bond donors (Lipinski definition) is 1. The molecule has 5 atom stereocenters. The van der Waals surface area contributed by atoms with E-state index in [-0.39, 0.29) is 18.3 Å². The summed E-state index contributed by atoms with van der Waals surface area (Å²) in [4.78, 5) is 24.2. The van der Waals surface area contributed by atoms with Gasteiger partial charge in [-0.05, 0) is 76.5 Å². The lowest BCUT2D eigenvalue weighted by Crippen LogP contribution is -2.58. The minimum atomic E-state index is -0.758. The zero-order chi connectivity index (χ0) is 16.8. The first-order valence-electron chi connectivity index (χ1n) is 9.22. The van der Waals surface area contributed by atoms with Gasteiger partial charge in [-0.2, -0.15) is 0 Å². The van der Waals surface area contributed by atoms with Crippen molar-refractivity contribution in [1.29, 1.82) is 0 Å². The van der Waals surface area contributed by atoms with E-state index >= 15 is 0 Å². The zero-order valence-corrected chi connectivity index (χ0v) is 14.6. The first-order chi connectivity index (χ1) is 10.8. The van der Waals surface area contributed by atoms with Crippen LogP contribution >= 0.6 is 0 Å². The van der Waals surface area contributed by atoms with Crippen molar-refractivity contribution in [2.24, 2.45) is 29.1 Å². The fourth-order valence-corrected chi connectivity index (χ4v) is 5.28. The van der Waals surface area contributed by atoms with Gasteiger partial charge in [-0.1, -0.05) is 6.92 Å². The Morgan fingerprint density at radius 3 is 2.52 bits per heavy atom. The monoisotopic (exact) mass is 322 g/mol. The van der Waals surface area contributed by atoms with Gasteiger partial charge in [0.1, 0.15) is 5.60 Å². The summed E-state index contributed by atoms with van der Waals surface area (Å²) in [7, 11) is 0. The molecule has 3 bridgehead atoms. The Morgan fingerprint density at radius 1 is 1.17 bits per heavy atom. The van der Waals surface area contributed by atoms with E-state index in [4.69, 9.17) is 4.74 Å². The molecule has 0 spiro atoms. The molecule has 5 unspecified atom stereocenters. The average molecular weight is 322 g/mol. The number of hydrogen-bond acceptors (Lipinski definition) is 3. The van der Waals surface area contributed by atoms with Gasteiger partial charge in [-0.3, -0.25) is 9.59 Å². The molecule has 0 heterocycles. The SMILES string of the molecule is CCC(C)(C)C(=O)OC12CCC3CCC(CC3C1)C2CC(=O)O. The molecule has 0 aromatic carbocycles. The molecule has 3 aliphatic carbocycles. The number of ether oxygens (including phenoxy) is 1. The van der Waals surface area contributed by atoms with Crippen LogP contribution in [0.4, 0.5) is 0 Å². The summed E-state index contributed by atoms with van der Waals surface area (Å²) in [5.41, 5.74) is -1.02. The molecule has 130 valence electrons. The molecule has 1 N–H and O–H groups in total. The second-order valence-corrected chi connectivity index (χ2v) is 8.73. The normalized spacial score (nSPS) is 39.1. The zero-order valence-electron chi connectivity index (χ0n) is 14.6. The third kappa shape index (κ3) is 2.89. The van der Waals surface area contributed by atoms with Gasteiger partial charge in [0.2, 0.25) is 0 Å². The molecule has 0 aromatic heterocycles. The highest BCUT2D eigenvalue weighted by Gasteiger charge is 2.58. The highest BCUT2D eigenvalue weighted by Crippen LogP contribution is 2.59. The maximum absolute atomic E-state index is 12.7. The third-order valence-corrected chi connectivity index (χ3v) is 7.10. The van der Waals surface area contributed by atoms with Crippen molar-refractivity contribution >= 4 is 11.9 Å². The fraction of sp³-hybridized carbons (Fsp3) is 0.895. The lowest BCUT2D eigenvalue weighted by Gasteiger charge is -2.58. The number of carbonyl (C=O) groups is 2. The molecule has 3 rings (SSSR count). The maximum atomic E-state index is 12.7. The molecule has 3 saturated carbocycles. The number of carboxylic acid groups (broad SMARTS) is 1. The van der Waals surface area contributed by atoms with Gasteiger partial charge in [0, 0.05) is 5.92 Å². The molecule has 23 heavy (non-hydrogen) atoms. The van der Waals surface area contributed by atoms with Crippen molar-refractivity contribution in [2.45, 2.75) is 77.7 Å². The predicted octanol–water partition coefficient (Wildman–Crippen LogP) is 4.03. The lowest BCUT2D eigenvalue weighted by molar-refractivity contribution is -0.209. The van der Waals surface area contributed by atoms with Crippen LogP contribution in [0.2, 0.25) is 0 Å². The van der Waals surface area contributed by atoms with Gasteiger partial charge < -0.3 is 9.84 Å². The Kier molecular flexibility index (Phi) is 4.22. The first kappa shape index (κ1) is 16.8. The Morgan fingerprint density at radius 2 is 1.87 bits per heavy atom. The van der Waals surface area contributed by atoms with E-state index < -0.39 is 17.0 Å². The molecular formula is C19H30O4. The van der Waals surface area contributed by atoms with Crippen LogP contribution in [0.5, 0.6) is 0 Å². The molecule has 4 nitrogen and oxygen atoms in total. The van der Waals surface area contributed by atoms with Crippen molar-refractivity contribution in [3.8, 4) is 0 Å². The molecular weight excluding hydrogens is 292 g/mol. The lowest BCUT2D eigenvalue weighted by atomic mass is 9.51. The summed E-state index contributed by atoms with van der Waals surface area (Å²) in [6, 6.07) is 0. The summed E-state index contributed by atoms with van der Waals surface area (Å²) < 4.78 is 6.17. The number of rotatable bonds is 5. The van der Waals surface area contributed by atoms with E-state index in [2.05, 4.69) is 0 Å². The predicted molar refractivity (Wildman–Crippen MR) is 86.8 cm³/mol. The number of carboxylic acids is 1. The van der Waals surface area contributed by atoms with Crippen LogP contribution in [-0.2, 0) is 14.3 Å². The van der Waals surface area contributed by atoms with Gasteiger partial charge in [0.15, 0.2) is 0 Å². The summed E-state index contributed by atoms with van der Waals surface area (Å²) in [6.07, 6.45) is 7.19. The molecule has 0 aliphatic heterocycles. The molecule has 0 amide bonds. The van der Waals surface area contributed by atoms with Crippen LogP contribution in [0.1, 0.15) is 72.1 Å². The minimum Gasteiger partial charge on any atom is -0.481 e. The molecule has 4 heteroatoms. The number of carbonyl (C=O) groups excluding carboxylic acids is 1. The van der Waals surface area contributed by atoms with E-state index in [1.165, 1.54) is 6.42 Å². The van der Waals surface area contributed by atoms with Crippen LogP contribution < -0.4 is 0 Å². The molecule has 3 aliphatic rings. The standard InChI is InChI=1S/C19H30O4/c1-4-18(2,3)17(22)23-19-8-7-12-5-6-13(9-14(12)11-19)15(19)10-16(20)21/h12-15H,4-11H2,1-3H3,(H,20,21). The summed E-state index contributed by atoms with van der Waals surface area (Å²) in [5, 5.41) is 9.40. The second-order valence-electron chi connectivity index (χ2n) is 8.73. The van der Waals surface area contributed by atoms with E-state index in [9.17, 15) is 14.7 Å². The van der Waals surface area contributed by atoms with Gasteiger partial charge >= 0.3 is 11.9 Å². The second kappa shape index (κ2) is 5.78. The minimum absolute atomic E-state index is 0.00546. The van der Waals surface area contributed by atoms with Gasteiger partial charge in [-0.25, -0.2) is 0 Å².